The predicted molar refractivity (Wildman–Crippen MR) is 82.4 cm³/mol. The summed E-state index contributed by atoms with van der Waals surface area (Å²) in [6, 6.07) is 8.90. The highest BCUT2D eigenvalue weighted by molar-refractivity contribution is 7.14. The van der Waals surface area contributed by atoms with E-state index in [2.05, 4.69) is 17.2 Å². The summed E-state index contributed by atoms with van der Waals surface area (Å²) in [4.78, 5) is 13.4. The van der Waals surface area contributed by atoms with Crippen LogP contribution in [-0.4, -0.2) is 17.6 Å². The summed E-state index contributed by atoms with van der Waals surface area (Å²) >= 11 is 7.31. The Balaban J connectivity index is 2.15. The Morgan fingerprint density at radius 1 is 1.40 bits per heavy atom. The molecule has 0 saturated carbocycles. The lowest BCUT2D eigenvalue weighted by atomic mass is 10.2. The Hall–Kier alpha value is -1.80. The predicted octanol–water partition coefficient (Wildman–Crippen LogP) is 3.31. The van der Waals surface area contributed by atoms with Gasteiger partial charge in [-0.3, -0.25) is 4.79 Å². The van der Waals surface area contributed by atoms with Crippen LogP contribution in [0, 0.1) is 18.8 Å². The lowest BCUT2D eigenvalue weighted by Gasteiger charge is -2.06. The Morgan fingerprint density at radius 3 is 2.95 bits per heavy atom. The molecule has 0 atom stereocenters. The van der Waals surface area contributed by atoms with E-state index in [0.717, 1.165) is 10.4 Å². The monoisotopic (exact) mass is 305 g/mol. The first kappa shape index (κ1) is 14.6. The summed E-state index contributed by atoms with van der Waals surface area (Å²) in [5, 5.41) is 11.9. The molecule has 2 N–H and O–H groups in total. The van der Waals surface area contributed by atoms with Crippen molar-refractivity contribution < 1.29 is 9.90 Å². The minimum Gasteiger partial charge on any atom is -0.384 e. The summed E-state index contributed by atoms with van der Waals surface area (Å²) < 4.78 is 0. The van der Waals surface area contributed by atoms with E-state index < -0.39 is 0 Å². The molecule has 0 bridgehead atoms. The van der Waals surface area contributed by atoms with E-state index in [1.807, 2.05) is 19.1 Å². The fourth-order valence-electron chi connectivity index (χ4n) is 1.57. The number of nitrogens with one attached hydrogen (secondary N) is 1. The standard InChI is InChI=1S/C15H12ClNO2S/c1-10-4-6-12(16)13(9-10)17-15(19)14-7-5-11(20-14)3-2-8-18/h4-7,9,18H,8H2,1H3,(H,17,19). The van der Waals surface area contributed by atoms with E-state index in [-0.39, 0.29) is 12.5 Å². The van der Waals surface area contributed by atoms with E-state index >= 15 is 0 Å². The van der Waals surface area contributed by atoms with E-state index in [4.69, 9.17) is 16.7 Å². The van der Waals surface area contributed by atoms with Gasteiger partial charge in [-0.15, -0.1) is 11.3 Å². The first-order valence-electron chi connectivity index (χ1n) is 5.87. The number of aliphatic hydroxyl groups excluding tert-OH is 1. The number of aryl methyl sites for hydroxylation is 1. The second-order valence-electron chi connectivity index (χ2n) is 4.06. The Bertz CT molecular complexity index is 697. The maximum Gasteiger partial charge on any atom is 0.265 e. The normalized spacial score (nSPS) is 9.75. The smallest absolute Gasteiger partial charge is 0.265 e. The van der Waals surface area contributed by atoms with Gasteiger partial charge in [0.15, 0.2) is 0 Å². The third-order valence-corrected chi connectivity index (χ3v) is 3.82. The van der Waals surface area contributed by atoms with Crippen molar-refractivity contribution in [2.24, 2.45) is 0 Å². The molecule has 5 heteroatoms. The third-order valence-electron chi connectivity index (χ3n) is 2.49. The number of amides is 1. The van der Waals surface area contributed by atoms with Crippen molar-refractivity contribution >= 4 is 34.5 Å². The van der Waals surface area contributed by atoms with Crippen LogP contribution in [0.5, 0.6) is 0 Å². The Morgan fingerprint density at radius 2 is 2.20 bits per heavy atom. The molecule has 20 heavy (non-hydrogen) atoms. The molecule has 0 unspecified atom stereocenters. The Labute approximate surface area is 126 Å². The molecule has 0 radical (unpaired) electrons. The molecular weight excluding hydrogens is 294 g/mol. The third kappa shape index (κ3) is 3.61. The number of carbonyl (C=O) groups excluding carboxylic acids is 1. The molecule has 102 valence electrons. The first-order valence-corrected chi connectivity index (χ1v) is 7.06. The lowest BCUT2D eigenvalue weighted by Crippen LogP contribution is -2.10. The molecule has 0 aliphatic heterocycles. The van der Waals surface area contributed by atoms with Crippen molar-refractivity contribution in [3.63, 3.8) is 0 Å². The number of thiophene rings is 1. The molecule has 1 amide bonds. The van der Waals surface area contributed by atoms with Crippen LogP contribution < -0.4 is 5.32 Å². The molecular formula is C15H12ClNO2S. The SMILES string of the molecule is Cc1ccc(Cl)c(NC(=O)c2ccc(C#CCO)s2)c1. The molecule has 0 fully saturated rings. The van der Waals surface area contributed by atoms with E-state index in [0.29, 0.717) is 15.6 Å². The molecule has 0 aliphatic rings. The van der Waals surface area contributed by atoms with E-state index in [9.17, 15) is 4.79 Å². The average molecular weight is 306 g/mol. The summed E-state index contributed by atoms with van der Waals surface area (Å²) in [6.45, 7) is 1.73. The van der Waals surface area contributed by atoms with Gasteiger partial charge in [0, 0.05) is 0 Å². The molecule has 1 aromatic heterocycles. The van der Waals surface area contributed by atoms with Crippen molar-refractivity contribution in [2.45, 2.75) is 6.92 Å². The highest BCUT2D eigenvalue weighted by Gasteiger charge is 2.11. The number of hydrogen-bond acceptors (Lipinski definition) is 3. The van der Waals surface area contributed by atoms with E-state index in [1.54, 1.807) is 18.2 Å². The van der Waals surface area contributed by atoms with Gasteiger partial charge in [-0.05, 0) is 36.8 Å². The van der Waals surface area contributed by atoms with Gasteiger partial charge < -0.3 is 10.4 Å². The van der Waals surface area contributed by atoms with Gasteiger partial charge in [0.05, 0.1) is 20.5 Å². The van der Waals surface area contributed by atoms with Crippen molar-refractivity contribution in [3.05, 3.63) is 50.7 Å². The Kier molecular flexibility index (Phi) is 4.80. The van der Waals surface area contributed by atoms with Gasteiger partial charge in [0.1, 0.15) is 6.61 Å². The van der Waals surface area contributed by atoms with Crippen LogP contribution in [0.1, 0.15) is 20.1 Å². The average Bonchev–Trinajstić information content (AvgIpc) is 2.89. The topological polar surface area (TPSA) is 49.3 Å². The molecule has 2 rings (SSSR count). The fraction of sp³-hybridized carbons (Fsp3) is 0.133. The number of aliphatic hydroxyl groups is 1. The molecule has 2 aromatic rings. The minimum atomic E-state index is -0.223. The zero-order valence-electron chi connectivity index (χ0n) is 10.7. The van der Waals surface area contributed by atoms with Gasteiger partial charge >= 0.3 is 0 Å². The zero-order valence-corrected chi connectivity index (χ0v) is 12.3. The quantitative estimate of drug-likeness (QED) is 0.836. The van der Waals surface area contributed by atoms with Gasteiger partial charge in [-0.1, -0.05) is 29.5 Å². The maximum atomic E-state index is 12.1. The second kappa shape index (κ2) is 6.58. The van der Waals surface area contributed by atoms with Crippen LogP contribution in [-0.2, 0) is 0 Å². The molecule has 3 nitrogen and oxygen atoms in total. The maximum absolute atomic E-state index is 12.1. The van der Waals surface area contributed by atoms with E-state index in [1.165, 1.54) is 11.3 Å². The van der Waals surface area contributed by atoms with Crippen LogP contribution in [0.25, 0.3) is 0 Å². The first-order chi connectivity index (χ1) is 9.60. The van der Waals surface area contributed by atoms with Gasteiger partial charge in [-0.25, -0.2) is 0 Å². The number of anilines is 1. The highest BCUT2D eigenvalue weighted by atomic mass is 35.5. The number of carbonyl (C=O) groups is 1. The van der Waals surface area contributed by atoms with Crippen molar-refractivity contribution in [1.29, 1.82) is 0 Å². The largest absolute Gasteiger partial charge is 0.384 e. The van der Waals surface area contributed by atoms with Gasteiger partial charge in [-0.2, -0.15) is 0 Å². The lowest BCUT2D eigenvalue weighted by molar-refractivity contribution is 0.103. The summed E-state index contributed by atoms with van der Waals surface area (Å²) in [6.07, 6.45) is 0. The number of hydrogen-bond donors (Lipinski definition) is 2. The summed E-state index contributed by atoms with van der Waals surface area (Å²) in [5.74, 6) is 5.09. The van der Waals surface area contributed by atoms with Crippen molar-refractivity contribution in [1.82, 2.24) is 0 Å². The zero-order chi connectivity index (χ0) is 14.5. The highest BCUT2D eigenvalue weighted by Crippen LogP contribution is 2.24. The van der Waals surface area contributed by atoms with Gasteiger partial charge in [0.25, 0.3) is 5.91 Å². The molecule has 0 saturated heterocycles. The van der Waals surface area contributed by atoms with Gasteiger partial charge in [0.2, 0.25) is 0 Å². The molecule has 0 spiro atoms. The number of rotatable bonds is 2. The summed E-state index contributed by atoms with van der Waals surface area (Å²) in [5.41, 5.74) is 1.61. The van der Waals surface area contributed by atoms with Crippen LogP contribution in [0.4, 0.5) is 5.69 Å². The summed E-state index contributed by atoms with van der Waals surface area (Å²) in [7, 11) is 0. The van der Waals surface area contributed by atoms with Crippen LogP contribution >= 0.6 is 22.9 Å². The minimum absolute atomic E-state index is 0.196. The van der Waals surface area contributed by atoms with Crippen molar-refractivity contribution in [2.75, 3.05) is 11.9 Å². The van der Waals surface area contributed by atoms with Crippen molar-refractivity contribution in [3.8, 4) is 11.8 Å². The second-order valence-corrected chi connectivity index (χ2v) is 5.55. The fourth-order valence-corrected chi connectivity index (χ4v) is 2.51. The molecule has 0 aliphatic carbocycles. The number of benzene rings is 1. The molecule has 1 aromatic carbocycles. The van der Waals surface area contributed by atoms with Crippen LogP contribution in [0.3, 0.4) is 0 Å². The number of halogens is 1. The van der Waals surface area contributed by atoms with Crippen LogP contribution in [0.15, 0.2) is 30.3 Å². The molecule has 1 heterocycles. The van der Waals surface area contributed by atoms with Crippen LogP contribution in [0.2, 0.25) is 5.02 Å².